The molecule has 0 saturated heterocycles. The number of anilines is 1. The van der Waals surface area contributed by atoms with Gasteiger partial charge in [0.25, 0.3) is 11.8 Å². The van der Waals surface area contributed by atoms with E-state index in [2.05, 4.69) is 4.98 Å². The number of benzene rings is 3. The van der Waals surface area contributed by atoms with E-state index in [4.69, 9.17) is 11.6 Å². The van der Waals surface area contributed by atoms with E-state index in [1.54, 1.807) is 66.7 Å². The Morgan fingerprint density at radius 2 is 1.65 bits per heavy atom. The molecule has 5 nitrogen and oxygen atoms in total. The number of hydrogen-bond donors (Lipinski definition) is 0. The summed E-state index contributed by atoms with van der Waals surface area (Å²) in [5.74, 6) is -0.403. The highest BCUT2D eigenvalue weighted by Crippen LogP contribution is 2.35. The van der Waals surface area contributed by atoms with Gasteiger partial charge < -0.3 is 0 Å². The Balaban J connectivity index is 1.36. The fraction of sp³-hybridized carbons (Fsp3) is 0.0435. The highest BCUT2D eigenvalue weighted by molar-refractivity contribution is 8.01. The van der Waals surface area contributed by atoms with Crippen LogP contribution in [-0.4, -0.2) is 28.3 Å². The van der Waals surface area contributed by atoms with Crippen LogP contribution in [0.4, 0.5) is 5.69 Å². The summed E-state index contributed by atoms with van der Waals surface area (Å²) < 4.78 is 1.59. The van der Waals surface area contributed by atoms with Crippen molar-refractivity contribution >= 4 is 68.2 Å². The van der Waals surface area contributed by atoms with Crippen molar-refractivity contribution in [1.82, 2.24) is 4.98 Å². The lowest BCUT2D eigenvalue weighted by molar-refractivity contribution is 0.0925. The molecule has 3 aromatic carbocycles. The molecule has 8 heteroatoms. The van der Waals surface area contributed by atoms with Crippen molar-refractivity contribution in [2.45, 2.75) is 4.34 Å². The van der Waals surface area contributed by atoms with Crippen molar-refractivity contribution < 1.29 is 14.4 Å². The average molecular weight is 465 g/mol. The van der Waals surface area contributed by atoms with Crippen LogP contribution >= 0.6 is 34.7 Å². The number of carbonyl (C=O) groups is 3. The van der Waals surface area contributed by atoms with E-state index >= 15 is 0 Å². The summed E-state index contributed by atoms with van der Waals surface area (Å²) in [6.45, 7) is 0. The third-order valence-electron chi connectivity index (χ3n) is 4.90. The molecule has 0 unspecified atom stereocenters. The predicted octanol–water partition coefficient (Wildman–Crippen LogP) is 5.73. The molecular weight excluding hydrogens is 452 g/mol. The molecule has 2 heterocycles. The average Bonchev–Trinajstić information content (AvgIpc) is 3.30. The molecule has 31 heavy (non-hydrogen) atoms. The van der Waals surface area contributed by atoms with Crippen LogP contribution < -0.4 is 4.90 Å². The molecule has 0 bridgehead atoms. The number of halogens is 1. The van der Waals surface area contributed by atoms with E-state index in [0.717, 1.165) is 14.6 Å². The van der Waals surface area contributed by atoms with Gasteiger partial charge in [-0.05, 0) is 54.6 Å². The van der Waals surface area contributed by atoms with Gasteiger partial charge in [0.15, 0.2) is 10.1 Å². The Morgan fingerprint density at radius 1 is 0.968 bits per heavy atom. The van der Waals surface area contributed by atoms with Gasteiger partial charge >= 0.3 is 0 Å². The fourth-order valence-electron chi connectivity index (χ4n) is 3.36. The third-order valence-corrected chi connectivity index (χ3v) is 7.31. The number of imide groups is 1. The lowest BCUT2D eigenvalue weighted by atomic mass is 10.1. The van der Waals surface area contributed by atoms with Crippen molar-refractivity contribution in [2.24, 2.45) is 0 Å². The van der Waals surface area contributed by atoms with Gasteiger partial charge in [-0.1, -0.05) is 35.5 Å². The van der Waals surface area contributed by atoms with Gasteiger partial charge in [-0.3, -0.25) is 14.4 Å². The Labute approximate surface area is 190 Å². The minimum atomic E-state index is -0.326. The van der Waals surface area contributed by atoms with E-state index < -0.39 is 0 Å². The summed E-state index contributed by atoms with van der Waals surface area (Å²) in [6.07, 6.45) is 0. The Morgan fingerprint density at radius 3 is 2.32 bits per heavy atom. The lowest BCUT2D eigenvalue weighted by Gasteiger charge is -2.13. The number of thioether (sulfide) groups is 1. The Hall–Kier alpha value is -3.00. The number of Topliss-reactive ketones (excluding diaryl/α,β-unsaturated/α-hetero) is 1. The number of hydrogen-bond acceptors (Lipinski definition) is 6. The number of amides is 2. The molecule has 0 spiro atoms. The first-order chi connectivity index (χ1) is 15.0. The van der Waals surface area contributed by atoms with Gasteiger partial charge in [-0.2, -0.15) is 0 Å². The molecule has 152 valence electrons. The summed E-state index contributed by atoms with van der Waals surface area (Å²) >= 11 is 8.65. The largest absolute Gasteiger partial charge is 0.293 e. The van der Waals surface area contributed by atoms with Crippen LogP contribution in [0.2, 0.25) is 5.02 Å². The van der Waals surface area contributed by atoms with Crippen LogP contribution in [0, 0.1) is 0 Å². The first-order valence-corrected chi connectivity index (χ1v) is 11.5. The number of nitrogens with zero attached hydrogens (tertiary/aromatic N) is 2. The van der Waals surface area contributed by atoms with Gasteiger partial charge in [-0.25, -0.2) is 9.88 Å². The molecule has 4 aromatic rings. The van der Waals surface area contributed by atoms with Crippen molar-refractivity contribution in [1.29, 1.82) is 0 Å². The summed E-state index contributed by atoms with van der Waals surface area (Å²) in [5.41, 5.74) is 2.69. The molecule has 1 aliphatic heterocycles. The van der Waals surface area contributed by atoms with Crippen LogP contribution in [-0.2, 0) is 0 Å². The van der Waals surface area contributed by atoms with E-state index in [9.17, 15) is 14.4 Å². The maximum atomic E-state index is 12.7. The first-order valence-electron chi connectivity index (χ1n) is 9.31. The normalized spacial score (nSPS) is 13.1. The van der Waals surface area contributed by atoms with Crippen molar-refractivity contribution in [3.05, 3.63) is 88.4 Å². The van der Waals surface area contributed by atoms with Gasteiger partial charge in [0.2, 0.25) is 0 Å². The number of aromatic nitrogens is 1. The zero-order valence-electron chi connectivity index (χ0n) is 15.9. The zero-order valence-corrected chi connectivity index (χ0v) is 18.3. The second-order valence-corrected chi connectivity index (χ2v) is 9.53. The maximum absolute atomic E-state index is 12.7. The van der Waals surface area contributed by atoms with E-state index in [0.29, 0.717) is 27.4 Å². The molecule has 0 radical (unpaired) electrons. The standard InChI is InChI=1S/C23H13ClN2O3S2/c24-14-7-5-13(6-8-14)19(27)12-30-23-25-18-10-9-15(11-20(18)31-23)26-21(28)16-3-1-2-4-17(16)22(26)29/h1-11H,12H2. The lowest BCUT2D eigenvalue weighted by Crippen LogP contribution is -2.29. The molecule has 0 saturated carbocycles. The van der Waals surface area contributed by atoms with Crippen LogP contribution in [0.25, 0.3) is 10.2 Å². The molecule has 0 fully saturated rings. The molecule has 0 N–H and O–H groups in total. The minimum absolute atomic E-state index is 0.00682. The number of carbonyl (C=O) groups excluding carboxylic acids is 3. The SMILES string of the molecule is O=C(CSc1nc2ccc(N3C(=O)c4ccccc4C3=O)cc2s1)c1ccc(Cl)cc1. The number of thiazole rings is 1. The third kappa shape index (κ3) is 3.65. The van der Waals surface area contributed by atoms with Gasteiger partial charge in [0.1, 0.15) is 0 Å². The second kappa shape index (κ2) is 7.92. The Bertz CT molecular complexity index is 1330. The second-order valence-electron chi connectivity index (χ2n) is 6.84. The highest BCUT2D eigenvalue weighted by atomic mass is 35.5. The number of fused-ring (bicyclic) bond motifs is 2. The summed E-state index contributed by atoms with van der Waals surface area (Å²) in [7, 11) is 0. The molecule has 0 atom stereocenters. The van der Waals surface area contributed by atoms with E-state index in [1.165, 1.54) is 28.0 Å². The Kier molecular flexibility index (Phi) is 5.09. The quantitative estimate of drug-likeness (QED) is 0.214. The molecule has 1 aromatic heterocycles. The maximum Gasteiger partial charge on any atom is 0.266 e. The minimum Gasteiger partial charge on any atom is -0.293 e. The predicted molar refractivity (Wildman–Crippen MR) is 124 cm³/mol. The van der Waals surface area contributed by atoms with E-state index in [-0.39, 0.29) is 23.4 Å². The summed E-state index contributed by atoms with van der Waals surface area (Å²) in [6, 6.07) is 18.9. The first kappa shape index (κ1) is 19.9. The van der Waals surface area contributed by atoms with Crippen LogP contribution in [0.3, 0.4) is 0 Å². The van der Waals surface area contributed by atoms with Crippen molar-refractivity contribution in [3.63, 3.8) is 0 Å². The number of ketones is 1. The van der Waals surface area contributed by atoms with Gasteiger partial charge in [0.05, 0.1) is 32.8 Å². The summed E-state index contributed by atoms with van der Waals surface area (Å²) in [4.78, 5) is 43.6. The number of rotatable bonds is 5. The van der Waals surface area contributed by atoms with Crippen LogP contribution in [0.15, 0.2) is 71.1 Å². The van der Waals surface area contributed by atoms with Crippen LogP contribution in [0.5, 0.6) is 0 Å². The zero-order chi connectivity index (χ0) is 21.5. The topological polar surface area (TPSA) is 67.3 Å². The van der Waals surface area contributed by atoms with E-state index in [1.807, 2.05) is 0 Å². The molecule has 1 aliphatic rings. The highest BCUT2D eigenvalue weighted by Gasteiger charge is 2.36. The smallest absolute Gasteiger partial charge is 0.266 e. The molecule has 2 amide bonds. The van der Waals surface area contributed by atoms with Crippen molar-refractivity contribution in [3.8, 4) is 0 Å². The molecular formula is C23H13ClN2O3S2. The fourth-order valence-corrected chi connectivity index (χ4v) is 5.49. The van der Waals surface area contributed by atoms with Crippen molar-refractivity contribution in [2.75, 3.05) is 10.7 Å². The van der Waals surface area contributed by atoms with Gasteiger partial charge in [0, 0.05) is 10.6 Å². The van der Waals surface area contributed by atoms with Crippen LogP contribution in [0.1, 0.15) is 31.1 Å². The summed E-state index contributed by atoms with van der Waals surface area (Å²) in [5, 5.41) is 0.587. The van der Waals surface area contributed by atoms with Gasteiger partial charge in [-0.15, -0.1) is 11.3 Å². The monoisotopic (exact) mass is 464 g/mol. The molecule has 0 aliphatic carbocycles. The molecule has 5 rings (SSSR count).